The average Bonchev–Trinajstić information content (AvgIpc) is 2.83. The molecule has 4 nitrogen and oxygen atoms in total. The van der Waals surface area contributed by atoms with Gasteiger partial charge in [-0.3, -0.25) is 9.00 Å². The van der Waals surface area contributed by atoms with Crippen molar-refractivity contribution >= 4 is 16.7 Å². The predicted molar refractivity (Wildman–Crippen MR) is 75.7 cm³/mol. The average molecular weight is 274 g/mol. The largest absolute Gasteiger partial charge is 0.342 e. The van der Waals surface area contributed by atoms with Gasteiger partial charge in [-0.25, -0.2) is 0 Å². The molecule has 0 radical (unpaired) electrons. The molecule has 0 saturated heterocycles. The van der Waals surface area contributed by atoms with E-state index in [1.807, 2.05) is 13.8 Å². The van der Waals surface area contributed by atoms with E-state index in [0.29, 0.717) is 24.8 Å². The molecule has 1 aliphatic carbocycles. The molecule has 1 saturated carbocycles. The van der Waals surface area contributed by atoms with Gasteiger partial charge in [-0.05, 0) is 32.6 Å². The van der Waals surface area contributed by atoms with E-state index in [2.05, 4.69) is 0 Å². The van der Waals surface area contributed by atoms with Crippen LogP contribution in [0.3, 0.4) is 0 Å². The third-order valence-electron chi connectivity index (χ3n) is 3.78. The summed E-state index contributed by atoms with van der Waals surface area (Å²) >= 11 is 0. The van der Waals surface area contributed by atoms with Gasteiger partial charge in [0, 0.05) is 35.7 Å². The maximum atomic E-state index is 11.9. The van der Waals surface area contributed by atoms with Crippen molar-refractivity contribution < 1.29 is 9.00 Å². The smallest absolute Gasteiger partial charge is 0.235 e. The first-order valence-electron chi connectivity index (χ1n) is 6.96. The van der Waals surface area contributed by atoms with Crippen LogP contribution in [-0.4, -0.2) is 45.7 Å². The summed E-state index contributed by atoms with van der Waals surface area (Å²) in [6.45, 7) is 5.24. The van der Waals surface area contributed by atoms with Crippen molar-refractivity contribution in [1.29, 1.82) is 0 Å². The van der Waals surface area contributed by atoms with Crippen LogP contribution in [-0.2, 0) is 15.6 Å². The van der Waals surface area contributed by atoms with Crippen LogP contribution in [0.25, 0.3) is 0 Å². The fourth-order valence-electron chi connectivity index (χ4n) is 2.60. The summed E-state index contributed by atoms with van der Waals surface area (Å²) in [7, 11) is -1.12. The van der Waals surface area contributed by atoms with E-state index in [9.17, 15) is 9.00 Å². The highest BCUT2D eigenvalue weighted by Crippen LogP contribution is 2.27. The fraction of sp³-hybridized carbons (Fsp3) is 0.923. The highest BCUT2D eigenvalue weighted by Gasteiger charge is 2.24. The summed E-state index contributed by atoms with van der Waals surface area (Å²) in [5.74, 6) is 1.09. The van der Waals surface area contributed by atoms with Crippen LogP contribution >= 0.6 is 0 Å². The normalized spacial score (nSPS) is 19.7. The summed E-state index contributed by atoms with van der Waals surface area (Å²) in [6.07, 6.45) is 4.79. The molecular weight excluding hydrogens is 248 g/mol. The van der Waals surface area contributed by atoms with Crippen molar-refractivity contribution in [3.05, 3.63) is 0 Å². The summed E-state index contributed by atoms with van der Waals surface area (Å²) in [5, 5.41) is 0. The van der Waals surface area contributed by atoms with Crippen molar-refractivity contribution in [3.8, 4) is 0 Å². The van der Waals surface area contributed by atoms with Crippen LogP contribution in [0.2, 0.25) is 0 Å². The number of carbonyl (C=O) groups excluding carboxylic acids is 1. The van der Waals surface area contributed by atoms with Crippen molar-refractivity contribution in [2.24, 2.45) is 11.7 Å². The molecule has 1 fully saturated rings. The summed E-state index contributed by atoms with van der Waals surface area (Å²) in [6, 6.07) is -0.00200. The molecule has 0 spiro atoms. The van der Waals surface area contributed by atoms with Gasteiger partial charge in [0.25, 0.3) is 0 Å². The van der Waals surface area contributed by atoms with E-state index in [1.165, 1.54) is 12.8 Å². The minimum Gasteiger partial charge on any atom is -0.342 e. The highest BCUT2D eigenvalue weighted by molar-refractivity contribution is 7.85. The Morgan fingerprint density at radius 2 is 1.89 bits per heavy atom. The second-order valence-electron chi connectivity index (χ2n) is 5.03. The monoisotopic (exact) mass is 274 g/mol. The molecule has 0 heterocycles. The molecular formula is C13H26N2O2S. The first kappa shape index (κ1) is 15.6. The number of nitrogens with zero attached hydrogens (tertiary/aromatic N) is 1. The Hall–Kier alpha value is -0.420. The molecule has 0 aromatic heterocycles. The van der Waals surface area contributed by atoms with Gasteiger partial charge in [-0.15, -0.1) is 0 Å². The third-order valence-corrected chi connectivity index (χ3v) is 5.11. The van der Waals surface area contributed by atoms with E-state index < -0.39 is 10.8 Å². The van der Waals surface area contributed by atoms with E-state index in [1.54, 1.807) is 4.90 Å². The number of hydrogen-bond donors (Lipinski definition) is 1. The van der Waals surface area contributed by atoms with E-state index >= 15 is 0 Å². The molecule has 2 atom stereocenters. The van der Waals surface area contributed by atoms with Gasteiger partial charge in [0.05, 0.1) is 0 Å². The molecule has 2 unspecified atom stereocenters. The summed E-state index contributed by atoms with van der Waals surface area (Å²) < 4.78 is 11.9. The Balaban J connectivity index is 2.34. The van der Waals surface area contributed by atoms with Gasteiger partial charge in [0.15, 0.2) is 0 Å². The minimum absolute atomic E-state index is 0.00200. The maximum Gasteiger partial charge on any atom is 0.235 e. The fourth-order valence-corrected chi connectivity index (χ4v) is 3.88. The molecule has 0 aliphatic heterocycles. The summed E-state index contributed by atoms with van der Waals surface area (Å²) in [4.78, 5) is 13.5. The lowest BCUT2D eigenvalue weighted by atomic mass is 10.0. The Morgan fingerprint density at radius 3 is 2.39 bits per heavy atom. The molecule has 0 bridgehead atoms. The maximum absolute atomic E-state index is 11.9. The second kappa shape index (κ2) is 7.89. The van der Waals surface area contributed by atoms with Gasteiger partial charge in [0.1, 0.15) is 5.75 Å². The zero-order valence-electron chi connectivity index (χ0n) is 11.6. The van der Waals surface area contributed by atoms with Crippen molar-refractivity contribution in [2.45, 2.75) is 45.6 Å². The van der Waals surface area contributed by atoms with Gasteiger partial charge < -0.3 is 10.6 Å². The van der Waals surface area contributed by atoms with Crippen molar-refractivity contribution in [2.75, 3.05) is 24.6 Å². The highest BCUT2D eigenvalue weighted by atomic mass is 32.2. The lowest BCUT2D eigenvalue weighted by Crippen LogP contribution is -2.38. The number of hydrogen-bond acceptors (Lipinski definition) is 3. The molecule has 1 aliphatic rings. The number of rotatable bonds is 7. The Morgan fingerprint density at radius 1 is 1.33 bits per heavy atom. The van der Waals surface area contributed by atoms with E-state index in [0.717, 1.165) is 12.8 Å². The quantitative estimate of drug-likeness (QED) is 0.756. The van der Waals surface area contributed by atoms with Gasteiger partial charge >= 0.3 is 0 Å². The molecule has 5 heteroatoms. The molecule has 18 heavy (non-hydrogen) atoms. The number of carbonyl (C=O) groups is 1. The zero-order chi connectivity index (χ0) is 13.5. The van der Waals surface area contributed by atoms with Crippen molar-refractivity contribution in [3.63, 3.8) is 0 Å². The van der Waals surface area contributed by atoms with Crippen molar-refractivity contribution in [1.82, 2.24) is 4.90 Å². The molecule has 0 aromatic rings. The summed E-state index contributed by atoms with van der Waals surface area (Å²) in [5.41, 5.74) is 6.08. The Kier molecular flexibility index (Phi) is 6.86. The van der Waals surface area contributed by atoms with Crippen LogP contribution in [0.15, 0.2) is 0 Å². The Bertz CT molecular complexity index is 287. The zero-order valence-corrected chi connectivity index (χ0v) is 12.4. The SMILES string of the molecule is CCN(CC)C(=O)CS(=O)CC(N)C1CCCC1. The topological polar surface area (TPSA) is 63.4 Å². The number of amides is 1. The standard InChI is InChI=1S/C13H26N2O2S/c1-3-15(4-2)13(16)10-18(17)9-12(14)11-7-5-6-8-11/h11-12H,3-10,14H2,1-2H3. The molecule has 2 N–H and O–H groups in total. The second-order valence-corrected chi connectivity index (χ2v) is 6.53. The van der Waals surface area contributed by atoms with Crippen LogP contribution < -0.4 is 5.73 Å². The van der Waals surface area contributed by atoms with Crippen LogP contribution in [0.4, 0.5) is 0 Å². The predicted octanol–water partition coefficient (Wildman–Crippen LogP) is 1.12. The van der Waals surface area contributed by atoms with E-state index in [4.69, 9.17) is 5.73 Å². The third kappa shape index (κ3) is 4.69. The van der Waals surface area contributed by atoms with Crippen LogP contribution in [0.5, 0.6) is 0 Å². The van der Waals surface area contributed by atoms with Gasteiger partial charge in [-0.1, -0.05) is 12.8 Å². The minimum atomic E-state index is -1.12. The molecule has 0 aromatic carbocycles. The van der Waals surface area contributed by atoms with Crippen LogP contribution in [0.1, 0.15) is 39.5 Å². The lowest BCUT2D eigenvalue weighted by Gasteiger charge is -2.20. The Labute approximate surface area is 113 Å². The van der Waals surface area contributed by atoms with Gasteiger partial charge in [-0.2, -0.15) is 0 Å². The molecule has 1 rings (SSSR count). The van der Waals surface area contributed by atoms with E-state index in [-0.39, 0.29) is 17.7 Å². The molecule has 1 amide bonds. The van der Waals surface area contributed by atoms with Gasteiger partial charge in [0.2, 0.25) is 5.91 Å². The van der Waals surface area contributed by atoms with Crippen LogP contribution in [0, 0.1) is 5.92 Å². The molecule has 106 valence electrons. The first-order valence-corrected chi connectivity index (χ1v) is 8.45. The lowest BCUT2D eigenvalue weighted by molar-refractivity contribution is -0.128. The number of nitrogens with two attached hydrogens (primary N) is 1. The first-order chi connectivity index (χ1) is 8.58.